The number of morpholine rings is 1. The van der Waals surface area contributed by atoms with Gasteiger partial charge in [0.15, 0.2) is 5.75 Å². The van der Waals surface area contributed by atoms with Gasteiger partial charge in [-0.2, -0.15) is 0 Å². The summed E-state index contributed by atoms with van der Waals surface area (Å²) in [7, 11) is 1.49. The van der Waals surface area contributed by atoms with Gasteiger partial charge in [-0.25, -0.2) is 4.79 Å². The van der Waals surface area contributed by atoms with Crippen molar-refractivity contribution < 1.29 is 43.2 Å². The zero-order chi connectivity index (χ0) is 25.5. The number of carboxylic acid groups (broad SMARTS) is 1. The zero-order valence-corrected chi connectivity index (χ0v) is 20.3. The number of carboxylic acids is 1. The van der Waals surface area contributed by atoms with Gasteiger partial charge < -0.3 is 29.0 Å². The number of fused-ring (bicyclic) bond motifs is 1. The van der Waals surface area contributed by atoms with Crippen molar-refractivity contribution in [2.45, 2.75) is 52.6 Å². The van der Waals surface area contributed by atoms with Crippen molar-refractivity contribution in [1.29, 1.82) is 0 Å². The first-order chi connectivity index (χ1) is 16.7. The van der Waals surface area contributed by atoms with Crippen molar-refractivity contribution in [3.05, 3.63) is 33.9 Å². The number of allylic oxidation sites excluding steroid dienone is 2. The summed E-state index contributed by atoms with van der Waals surface area (Å²) in [6.45, 7) is 5.57. The van der Waals surface area contributed by atoms with Gasteiger partial charge in [0.2, 0.25) is 5.91 Å². The molecule has 0 spiro atoms. The Balaban J connectivity index is 1.85. The number of nitrogens with zero attached hydrogens (tertiary/aromatic N) is 1. The summed E-state index contributed by atoms with van der Waals surface area (Å²) in [6, 6.07) is 0. The van der Waals surface area contributed by atoms with Crippen LogP contribution < -0.4 is 9.47 Å². The van der Waals surface area contributed by atoms with Gasteiger partial charge in [0.05, 0.1) is 26.7 Å². The molecular weight excluding hydrogens is 458 g/mol. The number of aliphatic carboxylic acids is 1. The number of carbonyl (C=O) groups is 4. The molecule has 0 atom stereocenters. The lowest BCUT2D eigenvalue weighted by atomic mass is 9.94. The first kappa shape index (κ1) is 26.2. The van der Waals surface area contributed by atoms with Gasteiger partial charge in [0, 0.05) is 37.1 Å². The molecule has 1 saturated heterocycles. The highest BCUT2D eigenvalue weighted by atomic mass is 16.6. The van der Waals surface area contributed by atoms with Gasteiger partial charge in [-0.15, -0.1) is 0 Å². The number of amides is 1. The lowest BCUT2D eigenvalue weighted by Crippen LogP contribution is -2.40. The van der Waals surface area contributed by atoms with Crippen LogP contribution in [-0.4, -0.2) is 67.2 Å². The Morgan fingerprint density at radius 1 is 1.09 bits per heavy atom. The van der Waals surface area contributed by atoms with E-state index < -0.39 is 17.9 Å². The number of esters is 2. The van der Waals surface area contributed by atoms with Crippen LogP contribution in [0.25, 0.3) is 0 Å². The van der Waals surface area contributed by atoms with Crippen molar-refractivity contribution in [2.75, 3.05) is 33.4 Å². The van der Waals surface area contributed by atoms with Crippen molar-refractivity contribution in [3.8, 4) is 11.5 Å². The summed E-state index contributed by atoms with van der Waals surface area (Å²) in [6.07, 6.45) is 2.27. The van der Waals surface area contributed by atoms with E-state index in [1.165, 1.54) is 7.11 Å². The molecule has 2 aliphatic rings. The molecule has 1 amide bonds. The van der Waals surface area contributed by atoms with Gasteiger partial charge >= 0.3 is 17.9 Å². The molecule has 1 aromatic rings. The number of carbonyl (C=O) groups excluding carboxylic acids is 3. The molecule has 0 radical (unpaired) electrons. The fourth-order valence-electron chi connectivity index (χ4n) is 4.15. The third-order valence-corrected chi connectivity index (χ3v) is 6.14. The second-order valence-corrected chi connectivity index (χ2v) is 8.51. The summed E-state index contributed by atoms with van der Waals surface area (Å²) >= 11 is 0. The van der Waals surface area contributed by atoms with Crippen LogP contribution in [-0.2, 0) is 36.9 Å². The smallest absolute Gasteiger partial charge is 0.342 e. The summed E-state index contributed by atoms with van der Waals surface area (Å²) in [5.41, 5.74) is 2.81. The molecule has 0 bridgehead atoms. The van der Waals surface area contributed by atoms with Crippen LogP contribution in [0.5, 0.6) is 11.5 Å². The molecule has 0 aromatic heterocycles. The maximum Gasteiger partial charge on any atom is 0.342 e. The second-order valence-electron chi connectivity index (χ2n) is 8.51. The minimum atomic E-state index is -0.896. The second kappa shape index (κ2) is 11.8. The highest BCUT2D eigenvalue weighted by Crippen LogP contribution is 2.43. The van der Waals surface area contributed by atoms with Gasteiger partial charge in [0.1, 0.15) is 17.9 Å². The van der Waals surface area contributed by atoms with E-state index in [0.717, 1.165) is 5.57 Å². The van der Waals surface area contributed by atoms with E-state index in [1.54, 1.807) is 11.8 Å². The monoisotopic (exact) mass is 489 g/mol. The van der Waals surface area contributed by atoms with Crippen molar-refractivity contribution in [3.63, 3.8) is 0 Å². The molecule has 0 saturated carbocycles. The number of ether oxygens (including phenoxy) is 4. The summed E-state index contributed by atoms with van der Waals surface area (Å²) in [4.78, 5) is 50.3. The molecule has 3 rings (SSSR count). The zero-order valence-electron chi connectivity index (χ0n) is 20.3. The highest BCUT2D eigenvalue weighted by molar-refractivity contribution is 5.99. The van der Waals surface area contributed by atoms with Crippen LogP contribution in [0.15, 0.2) is 11.6 Å². The minimum absolute atomic E-state index is 0.00593. The Morgan fingerprint density at radius 3 is 2.46 bits per heavy atom. The number of cyclic esters (lactones) is 1. The van der Waals surface area contributed by atoms with E-state index in [4.69, 9.17) is 24.1 Å². The van der Waals surface area contributed by atoms with Crippen molar-refractivity contribution in [2.24, 2.45) is 0 Å². The Labute approximate surface area is 203 Å². The van der Waals surface area contributed by atoms with Crippen LogP contribution in [0.4, 0.5) is 0 Å². The fourth-order valence-corrected chi connectivity index (χ4v) is 4.15. The van der Waals surface area contributed by atoms with E-state index in [1.807, 2.05) is 13.0 Å². The lowest BCUT2D eigenvalue weighted by molar-refractivity contribution is -0.140. The van der Waals surface area contributed by atoms with Crippen LogP contribution in [0.3, 0.4) is 0 Å². The first-order valence-corrected chi connectivity index (χ1v) is 11.6. The number of hydrogen-bond acceptors (Lipinski definition) is 8. The summed E-state index contributed by atoms with van der Waals surface area (Å²) in [5.74, 6) is -1.76. The molecule has 0 aliphatic carbocycles. The van der Waals surface area contributed by atoms with Crippen LogP contribution in [0.2, 0.25) is 0 Å². The van der Waals surface area contributed by atoms with E-state index in [2.05, 4.69) is 0 Å². The van der Waals surface area contributed by atoms with Gasteiger partial charge in [0.25, 0.3) is 0 Å². The molecule has 35 heavy (non-hydrogen) atoms. The third-order valence-electron chi connectivity index (χ3n) is 6.14. The predicted octanol–water partition coefficient (Wildman–Crippen LogP) is 2.57. The predicted molar refractivity (Wildman–Crippen MR) is 123 cm³/mol. The quantitative estimate of drug-likeness (QED) is 0.299. The molecule has 2 heterocycles. The van der Waals surface area contributed by atoms with Crippen molar-refractivity contribution in [1.82, 2.24) is 4.90 Å². The van der Waals surface area contributed by atoms with Gasteiger partial charge in [-0.1, -0.05) is 11.6 Å². The van der Waals surface area contributed by atoms with E-state index >= 15 is 0 Å². The SMILES string of the molecule is COc1c(C)c2c(c(OC(=O)CCC(=O)N3CCOCC3)c1C/C=C(\C)CCC(=O)O)C(=O)OC2. The third kappa shape index (κ3) is 6.39. The Kier molecular flexibility index (Phi) is 8.86. The Bertz CT molecular complexity index is 1040. The standard InChI is InChI=1S/C25H31NO9/c1-15(5-8-20(28)29)4-6-17-23(32-3)16(2)18-14-34-25(31)22(18)24(17)35-21(30)9-7-19(27)26-10-12-33-13-11-26/h4H,5-14H2,1-3H3,(H,28,29)/b15-4+. The molecule has 1 fully saturated rings. The fraction of sp³-hybridized carbons (Fsp3) is 0.520. The first-order valence-electron chi connectivity index (χ1n) is 11.6. The highest BCUT2D eigenvalue weighted by Gasteiger charge is 2.34. The maximum atomic E-state index is 12.8. The molecular formula is C25H31NO9. The molecule has 1 N–H and O–H groups in total. The van der Waals surface area contributed by atoms with Crippen molar-refractivity contribution >= 4 is 23.8 Å². The molecule has 10 nitrogen and oxygen atoms in total. The number of benzene rings is 1. The van der Waals surface area contributed by atoms with Crippen LogP contribution in [0.1, 0.15) is 59.7 Å². The minimum Gasteiger partial charge on any atom is -0.496 e. The Hall–Kier alpha value is -3.40. The summed E-state index contributed by atoms with van der Waals surface area (Å²) < 4.78 is 21.8. The average molecular weight is 490 g/mol. The molecule has 0 unspecified atom stereocenters. The normalized spacial score (nSPS) is 15.5. The van der Waals surface area contributed by atoms with Gasteiger partial charge in [-0.3, -0.25) is 14.4 Å². The van der Waals surface area contributed by atoms with Gasteiger partial charge in [-0.05, 0) is 32.3 Å². The largest absolute Gasteiger partial charge is 0.496 e. The average Bonchev–Trinajstić information content (AvgIpc) is 3.24. The Morgan fingerprint density at radius 2 is 1.80 bits per heavy atom. The number of methoxy groups -OCH3 is 1. The molecule has 2 aliphatic heterocycles. The molecule has 190 valence electrons. The van der Waals surface area contributed by atoms with E-state index in [-0.39, 0.29) is 49.5 Å². The van der Waals surface area contributed by atoms with E-state index in [9.17, 15) is 19.2 Å². The topological polar surface area (TPSA) is 129 Å². The molecule has 10 heteroatoms. The van der Waals surface area contributed by atoms with Crippen LogP contribution in [0, 0.1) is 6.92 Å². The maximum absolute atomic E-state index is 12.8. The number of hydrogen-bond donors (Lipinski definition) is 1. The van der Waals surface area contributed by atoms with E-state index in [0.29, 0.717) is 55.2 Å². The molecule has 1 aromatic carbocycles. The number of rotatable bonds is 10. The summed E-state index contributed by atoms with van der Waals surface area (Å²) in [5, 5.41) is 8.93. The van der Waals surface area contributed by atoms with Crippen LogP contribution >= 0.6 is 0 Å². The lowest BCUT2D eigenvalue weighted by Gasteiger charge is -2.26.